The smallest absolute Gasteiger partial charge is 0.282 e. The van der Waals surface area contributed by atoms with Crippen molar-refractivity contribution in [1.82, 2.24) is 0 Å². The molecule has 0 saturated heterocycles. The quantitative estimate of drug-likeness (QED) is 0.644. The average Bonchev–Trinajstić information content (AvgIpc) is 2.15. The standard InChI is InChI=1S/C7H6ClNO5S2/c1-9(15(10)11)7-4-5(16(12,13)14)2-3-6(7)8/h2-4H,1H3/p+1. The van der Waals surface area contributed by atoms with Crippen LogP contribution in [-0.2, 0) is 20.6 Å². The predicted octanol–water partition coefficient (Wildman–Crippen LogP) is 0.923. The third kappa shape index (κ3) is 2.79. The van der Waals surface area contributed by atoms with Crippen LogP contribution in [0, 0.1) is 0 Å². The van der Waals surface area contributed by atoms with Crippen LogP contribution < -0.4 is 0 Å². The van der Waals surface area contributed by atoms with Crippen molar-refractivity contribution in [2.75, 3.05) is 7.05 Å². The summed E-state index contributed by atoms with van der Waals surface area (Å²) < 4.78 is 52.5. The van der Waals surface area contributed by atoms with E-state index in [1.165, 1.54) is 13.1 Å². The van der Waals surface area contributed by atoms with Crippen LogP contribution in [0.4, 0.5) is 5.69 Å². The topological polar surface area (TPSA) is 91.5 Å². The van der Waals surface area contributed by atoms with Gasteiger partial charge in [-0.1, -0.05) is 15.5 Å². The second kappa shape index (κ2) is 4.50. The molecule has 1 N–H and O–H groups in total. The maximum absolute atomic E-state index is 10.8. The Bertz CT molecular complexity index is 654. The van der Waals surface area contributed by atoms with Crippen molar-refractivity contribution in [3.05, 3.63) is 23.2 Å². The summed E-state index contributed by atoms with van der Waals surface area (Å²) >= 11 is 5.69. The van der Waals surface area contributed by atoms with Crippen LogP contribution in [0.25, 0.3) is 0 Å². The molecule has 9 heteroatoms. The highest BCUT2D eigenvalue weighted by molar-refractivity contribution is 7.85. The van der Waals surface area contributed by atoms with E-state index >= 15 is 0 Å². The molecule has 0 radical (unpaired) electrons. The third-order valence-corrected chi connectivity index (χ3v) is 3.59. The first-order valence-electron chi connectivity index (χ1n) is 3.83. The highest BCUT2D eigenvalue weighted by Crippen LogP contribution is 2.26. The molecule has 0 saturated carbocycles. The minimum absolute atomic E-state index is 0.0369. The molecule has 1 rings (SSSR count). The zero-order chi connectivity index (χ0) is 12.5. The van der Waals surface area contributed by atoms with Gasteiger partial charge in [0.05, 0.1) is 0 Å². The molecule has 0 unspecified atom stereocenters. The van der Waals surface area contributed by atoms with E-state index in [9.17, 15) is 16.8 Å². The maximum Gasteiger partial charge on any atom is 0.464 e. The summed E-state index contributed by atoms with van der Waals surface area (Å²) in [5, 5.41) is 0.0547. The molecule has 0 fully saturated rings. The second-order valence-corrected chi connectivity index (χ2v) is 5.61. The summed E-state index contributed by atoms with van der Waals surface area (Å²) in [6, 6.07) is 3.22. The highest BCUT2D eigenvalue weighted by Gasteiger charge is 2.18. The van der Waals surface area contributed by atoms with Crippen molar-refractivity contribution in [3.8, 4) is 0 Å². The lowest BCUT2D eigenvalue weighted by molar-refractivity contribution is -0.377. The van der Waals surface area contributed by atoms with Crippen molar-refractivity contribution in [3.63, 3.8) is 0 Å². The molecule has 0 aliphatic carbocycles. The Hall–Kier alpha value is -0.960. The van der Waals surface area contributed by atoms with E-state index in [1.807, 2.05) is 0 Å². The molecule has 1 aromatic carbocycles. The predicted molar refractivity (Wildman–Crippen MR) is 56.0 cm³/mol. The van der Waals surface area contributed by atoms with Gasteiger partial charge < -0.3 is 0 Å². The van der Waals surface area contributed by atoms with Gasteiger partial charge in [0, 0.05) is 6.07 Å². The minimum Gasteiger partial charge on any atom is -0.282 e. The largest absolute Gasteiger partial charge is 0.464 e. The van der Waals surface area contributed by atoms with Crippen LogP contribution in [0.15, 0.2) is 23.1 Å². The zero-order valence-corrected chi connectivity index (χ0v) is 10.3. The third-order valence-electron chi connectivity index (χ3n) is 1.78. The van der Waals surface area contributed by atoms with Crippen LogP contribution in [0.1, 0.15) is 0 Å². The molecule has 0 amide bonds. The summed E-state index contributed by atoms with van der Waals surface area (Å²) in [7, 11) is -5.78. The number of hydrogen-bond acceptors (Lipinski definition) is 4. The molecule has 16 heavy (non-hydrogen) atoms. The van der Waals surface area contributed by atoms with Gasteiger partial charge >= 0.3 is 10.5 Å². The number of nitrogens with zero attached hydrogens (tertiary/aromatic N) is 1. The molecule has 6 nitrogen and oxygen atoms in total. The van der Waals surface area contributed by atoms with Crippen LogP contribution in [-0.4, -0.2) is 32.4 Å². The SMILES string of the molecule is C[N+](c1cc(S(=O)(=O)O)ccc1Cl)=S(=O)=O. The van der Waals surface area contributed by atoms with Crippen molar-refractivity contribution in [1.29, 1.82) is 0 Å². The Kier molecular flexibility index (Phi) is 3.68. The van der Waals surface area contributed by atoms with E-state index in [0.29, 0.717) is 0 Å². The summed E-state index contributed by atoms with van der Waals surface area (Å²) in [6.45, 7) is 0. The van der Waals surface area contributed by atoms with Crippen molar-refractivity contribution in [2.24, 2.45) is 0 Å². The van der Waals surface area contributed by atoms with Gasteiger partial charge in [0.15, 0.2) is 7.05 Å². The molecular weight excluding hydrogens is 278 g/mol. The van der Waals surface area contributed by atoms with Gasteiger partial charge in [-0.15, -0.1) is 8.42 Å². The summed E-state index contributed by atoms with van der Waals surface area (Å²) in [5.41, 5.74) is -0.0369. The first-order valence-corrected chi connectivity index (χ1v) is 6.68. The molecule has 88 valence electrons. The van der Waals surface area contributed by atoms with Crippen molar-refractivity contribution < 1.29 is 25.3 Å². The van der Waals surface area contributed by atoms with E-state index in [-0.39, 0.29) is 10.7 Å². The number of benzene rings is 1. The molecule has 0 aliphatic heterocycles. The van der Waals surface area contributed by atoms with Gasteiger partial charge in [-0.2, -0.15) is 8.42 Å². The van der Waals surface area contributed by atoms with Gasteiger partial charge in [0.1, 0.15) is 9.92 Å². The van der Waals surface area contributed by atoms with Gasteiger partial charge in [-0.05, 0) is 12.1 Å². The second-order valence-electron chi connectivity index (χ2n) is 2.80. The van der Waals surface area contributed by atoms with Crippen LogP contribution in [0.2, 0.25) is 5.02 Å². The Labute approximate surface area is 98.5 Å². The minimum atomic E-state index is -4.39. The van der Waals surface area contributed by atoms with Crippen LogP contribution in [0.5, 0.6) is 0 Å². The fourth-order valence-corrected chi connectivity index (χ4v) is 2.08. The monoisotopic (exact) mass is 284 g/mol. The van der Waals surface area contributed by atoms with E-state index < -0.39 is 25.5 Å². The van der Waals surface area contributed by atoms with Crippen LogP contribution >= 0.6 is 11.6 Å². The lowest BCUT2D eigenvalue weighted by Crippen LogP contribution is -2.01. The fourth-order valence-electron chi connectivity index (χ4n) is 0.975. The van der Waals surface area contributed by atoms with Gasteiger partial charge in [-0.3, -0.25) is 4.55 Å². The first kappa shape index (κ1) is 13.1. The van der Waals surface area contributed by atoms with E-state index in [0.717, 1.165) is 16.1 Å². The Morgan fingerprint density at radius 1 is 1.38 bits per heavy atom. The summed E-state index contributed by atoms with van der Waals surface area (Å²) in [4.78, 5) is -0.427. The Balaban J connectivity index is 3.61. The van der Waals surface area contributed by atoms with E-state index in [4.69, 9.17) is 16.2 Å². The molecule has 0 bridgehead atoms. The molecular formula is C7H7ClNO5S2+. The van der Waals surface area contributed by atoms with Gasteiger partial charge in [0.2, 0.25) is 5.69 Å². The lowest BCUT2D eigenvalue weighted by atomic mass is 10.3. The van der Waals surface area contributed by atoms with Gasteiger partial charge in [0.25, 0.3) is 10.1 Å². The Morgan fingerprint density at radius 2 is 1.94 bits per heavy atom. The summed E-state index contributed by atoms with van der Waals surface area (Å²) in [6.07, 6.45) is 0. The van der Waals surface area contributed by atoms with E-state index in [1.54, 1.807) is 0 Å². The van der Waals surface area contributed by atoms with E-state index in [2.05, 4.69) is 0 Å². The molecule has 0 spiro atoms. The Morgan fingerprint density at radius 3 is 2.38 bits per heavy atom. The zero-order valence-electron chi connectivity index (χ0n) is 7.95. The van der Waals surface area contributed by atoms with Gasteiger partial charge in [-0.25, -0.2) is 0 Å². The molecule has 0 aliphatic rings. The molecule has 0 heterocycles. The summed E-state index contributed by atoms with van der Waals surface area (Å²) in [5.74, 6) is 0. The number of halogens is 1. The average molecular weight is 285 g/mol. The molecule has 0 aromatic heterocycles. The van der Waals surface area contributed by atoms with Crippen molar-refractivity contribution >= 4 is 37.9 Å². The normalized spacial score (nSPS) is 11.2. The molecule has 1 aromatic rings. The van der Waals surface area contributed by atoms with Crippen LogP contribution in [0.3, 0.4) is 0 Å². The first-order chi connectivity index (χ1) is 7.23. The highest BCUT2D eigenvalue weighted by atomic mass is 35.5. The number of rotatable bonds is 2. The number of hydrogen-bond donors (Lipinski definition) is 1. The molecule has 0 atom stereocenters. The lowest BCUT2D eigenvalue weighted by Gasteiger charge is -1.98. The maximum atomic E-state index is 10.8. The van der Waals surface area contributed by atoms with Crippen molar-refractivity contribution in [2.45, 2.75) is 4.90 Å². The fraction of sp³-hybridized carbons (Fsp3) is 0.143.